The molecule has 7 heteroatoms. The van der Waals surface area contributed by atoms with Crippen LogP contribution < -0.4 is 5.32 Å². The molecular weight excluding hydrogens is 412 g/mol. The summed E-state index contributed by atoms with van der Waals surface area (Å²) in [6.07, 6.45) is 6.24. The molecule has 3 aromatic heterocycles. The second-order valence-electron chi connectivity index (χ2n) is 5.95. The molecule has 0 unspecified atom stereocenters. The molecule has 3 heterocycles. The van der Waals surface area contributed by atoms with Crippen molar-refractivity contribution in [2.45, 2.75) is 13.0 Å². The van der Waals surface area contributed by atoms with Gasteiger partial charge in [0.2, 0.25) is 5.91 Å². The molecule has 1 aromatic carbocycles. The minimum absolute atomic E-state index is 0.00741. The van der Waals surface area contributed by atoms with Crippen LogP contribution in [0.1, 0.15) is 5.69 Å². The maximum absolute atomic E-state index is 12.2. The van der Waals surface area contributed by atoms with Crippen LogP contribution in [0.15, 0.2) is 64.8 Å². The van der Waals surface area contributed by atoms with Crippen molar-refractivity contribution >= 4 is 44.1 Å². The van der Waals surface area contributed by atoms with E-state index < -0.39 is 0 Å². The van der Waals surface area contributed by atoms with E-state index in [4.69, 9.17) is 0 Å². The Morgan fingerprint density at radius 3 is 2.88 bits per heavy atom. The number of rotatable bonds is 6. The number of nitrogens with one attached hydrogen (secondary N) is 1. The summed E-state index contributed by atoms with van der Waals surface area (Å²) in [5, 5.41) is 6.99. The molecule has 0 saturated carbocycles. The lowest BCUT2D eigenvalue weighted by atomic mass is 10.2. The van der Waals surface area contributed by atoms with Crippen molar-refractivity contribution in [1.29, 1.82) is 0 Å². The van der Waals surface area contributed by atoms with Crippen LogP contribution in [0.3, 0.4) is 0 Å². The van der Waals surface area contributed by atoms with Crippen molar-refractivity contribution in [1.82, 2.24) is 19.4 Å². The lowest BCUT2D eigenvalue weighted by Crippen LogP contribution is -2.28. The molecule has 4 rings (SSSR count). The zero-order valence-corrected chi connectivity index (χ0v) is 16.3. The van der Waals surface area contributed by atoms with Crippen LogP contribution in [0.2, 0.25) is 0 Å². The van der Waals surface area contributed by atoms with Gasteiger partial charge in [-0.1, -0.05) is 22.0 Å². The highest BCUT2D eigenvalue weighted by Crippen LogP contribution is 2.20. The Hall–Kier alpha value is -2.38. The lowest BCUT2D eigenvalue weighted by molar-refractivity contribution is -0.120. The first kappa shape index (κ1) is 17.1. The van der Waals surface area contributed by atoms with E-state index in [0.717, 1.165) is 27.4 Å². The number of hydrogen-bond acceptors (Lipinski definition) is 3. The van der Waals surface area contributed by atoms with Crippen molar-refractivity contribution < 1.29 is 4.79 Å². The number of carbonyl (C=O) groups excluding carboxylic acids is 1. The number of benzene rings is 1. The van der Waals surface area contributed by atoms with Gasteiger partial charge in [-0.3, -0.25) is 4.79 Å². The van der Waals surface area contributed by atoms with Gasteiger partial charge in [0.15, 0.2) is 5.13 Å². The smallest absolute Gasteiger partial charge is 0.226 e. The molecule has 132 valence electrons. The highest BCUT2D eigenvalue weighted by atomic mass is 79.9. The Balaban J connectivity index is 1.32. The number of nitrogens with zero attached hydrogens (tertiary/aromatic N) is 3. The predicted octanol–water partition coefficient (Wildman–Crippen LogP) is 4.01. The molecule has 0 spiro atoms. The minimum atomic E-state index is -0.00741. The van der Waals surface area contributed by atoms with E-state index in [0.29, 0.717) is 13.0 Å². The summed E-state index contributed by atoms with van der Waals surface area (Å²) in [6, 6.07) is 12.2. The molecule has 0 saturated heterocycles. The van der Waals surface area contributed by atoms with Crippen LogP contribution in [0, 0.1) is 0 Å². The molecule has 0 radical (unpaired) electrons. The summed E-state index contributed by atoms with van der Waals surface area (Å²) < 4.78 is 5.14. The van der Waals surface area contributed by atoms with Crippen molar-refractivity contribution in [2.24, 2.45) is 0 Å². The molecule has 1 N–H and O–H groups in total. The fourth-order valence-electron chi connectivity index (χ4n) is 2.85. The zero-order chi connectivity index (χ0) is 17.9. The number of amides is 1. The van der Waals surface area contributed by atoms with Crippen LogP contribution in [0.5, 0.6) is 0 Å². The van der Waals surface area contributed by atoms with Crippen LogP contribution in [0.4, 0.5) is 0 Å². The third-order valence-corrected chi connectivity index (χ3v) is 5.51. The average molecular weight is 429 g/mol. The second kappa shape index (κ2) is 7.47. The monoisotopic (exact) mass is 428 g/mol. The van der Waals surface area contributed by atoms with Gasteiger partial charge in [0.05, 0.1) is 12.1 Å². The van der Waals surface area contributed by atoms with Crippen molar-refractivity contribution in [3.05, 3.63) is 70.5 Å². The Kier molecular flexibility index (Phi) is 4.90. The van der Waals surface area contributed by atoms with Crippen LogP contribution in [0.25, 0.3) is 16.0 Å². The van der Waals surface area contributed by atoms with Crippen molar-refractivity contribution in [2.75, 3.05) is 6.54 Å². The normalized spacial score (nSPS) is 11.1. The lowest BCUT2D eigenvalue weighted by Gasteiger charge is -2.07. The molecule has 0 aliphatic heterocycles. The average Bonchev–Trinajstić information content (AvgIpc) is 3.35. The summed E-state index contributed by atoms with van der Waals surface area (Å²) in [5.74, 6) is -0.00741. The third kappa shape index (κ3) is 3.73. The quantitative estimate of drug-likeness (QED) is 0.504. The predicted molar refractivity (Wildman–Crippen MR) is 108 cm³/mol. The van der Waals surface area contributed by atoms with Gasteiger partial charge < -0.3 is 14.5 Å². The Morgan fingerprint density at radius 2 is 2.04 bits per heavy atom. The first-order valence-electron chi connectivity index (χ1n) is 8.28. The Morgan fingerprint density at radius 1 is 1.19 bits per heavy atom. The summed E-state index contributed by atoms with van der Waals surface area (Å²) in [5.41, 5.74) is 1.95. The van der Waals surface area contributed by atoms with E-state index in [-0.39, 0.29) is 5.91 Å². The number of thiazole rings is 1. The van der Waals surface area contributed by atoms with E-state index in [1.807, 2.05) is 46.7 Å². The molecule has 0 bridgehead atoms. The minimum Gasteiger partial charge on any atom is -0.354 e. The van der Waals surface area contributed by atoms with Crippen molar-refractivity contribution in [3.63, 3.8) is 0 Å². The van der Waals surface area contributed by atoms with E-state index in [1.165, 1.54) is 16.7 Å². The van der Waals surface area contributed by atoms with Gasteiger partial charge in [-0.25, -0.2) is 4.98 Å². The number of carbonyl (C=O) groups is 1. The fourth-order valence-corrected chi connectivity index (χ4v) is 3.99. The molecular formula is C19H17BrN4OS. The summed E-state index contributed by atoms with van der Waals surface area (Å²) in [4.78, 5) is 16.7. The molecule has 0 atom stereocenters. The topological polar surface area (TPSA) is 51.9 Å². The second-order valence-corrected chi connectivity index (χ2v) is 7.70. The number of halogens is 1. The van der Waals surface area contributed by atoms with Crippen LogP contribution in [-0.2, 0) is 17.8 Å². The van der Waals surface area contributed by atoms with Gasteiger partial charge >= 0.3 is 0 Å². The molecule has 5 nitrogen and oxygen atoms in total. The maximum atomic E-state index is 12.2. The molecule has 1 amide bonds. The summed E-state index contributed by atoms with van der Waals surface area (Å²) >= 11 is 5.04. The Bertz CT molecular complexity index is 1040. The number of aromatic nitrogens is 3. The van der Waals surface area contributed by atoms with Gasteiger partial charge in [0, 0.05) is 47.0 Å². The molecule has 0 aliphatic rings. The van der Waals surface area contributed by atoms with E-state index in [2.05, 4.69) is 49.0 Å². The van der Waals surface area contributed by atoms with E-state index in [1.54, 1.807) is 0 Å². The summed E-state index contributed by atoms with van der Waals surface area (Å²) in [6.45, 7) is 1.32. The molecule has 4 aromatic rings. The molecule has 0 aliphatic carbocycles. The SMILES string of the molecule is O=C(Cc1csc(-n2cccc2)n1)NCCn1ccc2ccc(Br)cc21. The van der Waals surface area contributed by atoms with E-state index >= 15 is 0 Å². The Labute approximate surface area is 163 Å². The molecule has 26 heavy (non-hydrogen) atoms. The van der Waals surface area contributed by atoms with Gasteiger partial charge in [-0.15, -0.1) is 11.3 Å². The first-order valence-corrected chi connectivity index (χ1v) is 9.95. The third-order valence-electron chi connectivity index (χ3n) is 4.12. The fraction of sp³-hybridized carbons (Fsp3) is 0.158. The van der Waals surface area contributed by atoms with E-state index in [9.17, 15) is 4.79 Å². The number of hydrogen-bond donors (Lipinski definition) is 1. The highest BCUT2D eigenvalue weighted by Gasteiger charge is 2.09. The number of fused-ring (bicyclic) bond motifs is 1. The molecule has 0 fully saturated rings. The van der Waals surface area contributed by atoms with Gasteiger partial charge in [0.1, 0.15) is 0 Å². The van der Waals surface area contributed by atoms with Crippen LogP contribution in [-0.4, -0.2) is 26.6 Å². The summed E-state index contributed by atoms with van der Waals surface area (Å²) in [7, 11) is 0. The zero-order valence-electron chi connectivity index (χ0n) is 13.9. The van der Waals surface area contributed by atoms with Gasteiger partial charge in [-0.2, -0.15) is 0 Å². The van der Waals surface area contributed by atoms with Gasteiger partial charge in [0.25, 0.3) is 0 Å². The van der Waals surface area contributed by atoms with Crippen LogP contribution >= 0.6 is 27.3 Å². The first-order chi connectivity index (χ1) is 12.7. The van der Waals surface area contributed by atoms with Crippen molar-refractivity contribution in [3.8, 4) is 5.13 Å². The largest absolute Gasteiger partial charge is 0.354 e. The van der Waals surface area contributed by atoms with Gasteiger partial charge in [-0.05, 0) is 35.7 Å². The standard InChI is InChI=1S/C19H17BrN4OS/c20-15-4-3-14-5-9-23(17(14)11-15)10-6-21-18(25)12-16-13-26-19(22-16)24-7-1-2-8-24/h1-5,7-9,11,13H,6,10,12H2,(H,21,25). The highest BCUT2D eigenvalue weighted by molar-refractivity contribution is 9.10. The maximum Gasteiger partial charge on any atom is 0.226 e.